The molecule has 1 rings (SSSR count). The maximum absolute atomic E-state index is 11.8. The first-order valence-corrected chi connectivity index (χ1v) is 6.20. The van der Waals surface area contributed by atoms with E-state index >= 15 is 0 Å². The van der Waals surface area contributed by atoms with Gasteiger partial charge in [0, 0.05) is 13.1 Å². The Balaban J connectivity index is 2.74. The van der Waals surface area contributed by atoms with Gasteiger partial charge >= 0.3 is 0 Å². The summed E-state index contributed by atoms with van der Waals surface area (Å²) in [6.45, 7) is 10.6. The highest BCUT2D eigenvalue weighted by Gasteiger charge is 2.33. The normalized spacial score (nSPS) is 29.1. The quantitative estimate of drug-likeness (QED) is 0.429. The predicted octanol–water partition coefficient (Wildman–Crippen LogP) is 0.979. The van der Waals surface area contributed by atoms with Gasteiger partial charge < -0.3 is 0 Å². The third-order valence-electron chi connectivity index (χ3n) is 3.33. The molecule has 0 radical (unpaired) electrons. The highest BCUT2D eigenvalue weighted by molar-refractivity contribution is 5.81. The smallest absolute Gasteiger partial charge is 0.251 e. The summed E-state index contributed by atoms with van der Waals surface area (Å²) in [7, 11) is 0. The van der Waals surface area contributed by atoms with Gasteiger partial charge in [-0.15, -0.1) is 0 Å². The van der Waals surface area contributed by atoms with Crippen molar-refractivity contribution < 1.29 is 4.79 Å². The van der Waals surface area contributed by atoms with Crippen LogP contribution in [0.4, 0.5) is 0 Å². The molecule has 1 aliphatic heterocycles. The van der Waals surface area contributed by atoms with E-state index in [-0.39, 0.29) is 11.9 Å². The Kier molecular flexibility index (Phi) is 4.74. The Bertz CT molecular complexity index is 232. The topological polar surface area (TPSA) is 58.4 Å². The van der Waals surface area contributed by atoms with Crippen molar-refractivity contribution in [3.05, 3.63) is 0 Å². The highest BCUT2D eigenvalue weighted by Crippen LogP contribution is 2.24. The van der Waals surface area contributed by atoms with Crippen LogP contribution >= 0.6 is 0 Å². The minimum absolute atomic E-state index is 0.0590. The minimum atomic E-state index is -0.0878. The SMILES string of the molecule is CC(C)[C@@H](C(=O)NN)N1C[C@H](C)C[C@H](C)C1. The van der Waals surface area contributed by atoms with Crippen molar-refractivity contribution >= 4 is 5.91 Å². The van der Waals surface area contributed by atoms with Gasteiger partial charge in [0.1, 0.15) is 0 Å². The molecule has 16 heavy (non-hydrogen) atoms. The monoisotopic (exact) mass is 227 g/mol. The second-order valence-corrected chi connectivity index (χ2v) is 5.60. The lowest BCUT2D eigenvalue weighted by Crippen LogP contribution is -2.55. The lowest BCUT2D eigenvalue weighted by atomic mass is 9.89. The molecule has 94 valence electrons. The van der Waals surface area contributed by atoms with Gasteiger partial charge in [0.05, 0.1) is 6.04 Å². The number of piperidine rings is 1. The van der Waals surface area contributed by atoms with Gasteiger partial charge in [-0.3, -0.25) is 15.1 Å². The lowest BCUT2D eigenvalue weighted by molar-refractivity contribution is -0.129. The molecule has 1 heterocycles. The molecule has 0 unspecified atom stereocenters. The summed E-state index contributed by atoms with van der Waals surface area (Å²) in [5, 5.41) is 0. The van der Waals surface area contributed by atoms with Gasteiger partial charge in [-0.1, -0.05) is 27.7 Å². The zero-order valence-electron chi connectivity index (χ0n) is 10.9. The van der Waals surface area contributed by atoms with Crippen LogP contribution in [0.5, 0.6) is 0 Å². The number of rotatable bonds is 3. The molecule has 1 saturated heterocycles. The fourth-order valence-electron chi connectivity index (χ4n) is 2.91. The van der Waals surface area contributed by atoms with Crippen LogP contribution in [-0.2, 0) is 4.79 Å². The number of amides is 1. The van der Waals surface area contributed by atoms with E-state index in [4.69, 9.17) is 5.84 Å². The molecule has 0 aromatic carbocycles. The van der Waals surface area contributed by atoms with Crippen LogP contribution in [0.1, 0.15) is 34.1 Å². The summed E-state index contributed by atoms with van der Waals surface area (Å²) < 4.78 is 0. The van der Waals surface area contributed by atoms with Gasteiger partial charge in [-0.05, 0) is 24.2 Å². The summed E-state index contributed by atoms with van der Waals surface area (Å²) in [5.41, 5.74) is 2.29. The molecule has 3 atom stereocenters. The fraction of sp³-hybridized carbons (Fsp3) is 0.917. The minimum Gasteiger partial charge on any atom is -0.293 e. The number of likely N-dealkylation sites (tertiary alicyclic amines) is 1. The van der Waals surface area contributed by atoms with E-state index < -0.39 is 0 Å². The van der Waals surface area contributed by atoms with Gasteiger partial charge in [0.15, 0.2) is 0 Å². The average Bonchev–Trinajstić information content (AvgIpc) is 2.15. The molecule has 0 aromatic rings. The molecule has 1 amide bonds. The third kappa shape index (κ3) is 3.19. The van der Waals surface area contributed by atoms with Gasteiger partial charge in [0.25, 0.3) is 5.91 Å². The van der Waals surface area contributed by atoms with E-state index in [9.17, 15) is 4.79 Å². The third-order valence-corrected chi connectivity index (χ3v) is 3.33. The van der Waals surface area contributed by atoms with E-state index in [1.807, 2.05) is 0 Å². The van der Waals surface area contributed by atoms with Crippen molar-refractivity contribution in [1.82, 2.24) is 10.3 Å². The Morgan fingerprint density at radius 3 is 2.19 bits per heavy atom. The Morgan fingerprint density at radius 1 is 1.31 bits per heavy atom. The second-order valence-electron chi connectivity index (χ2n) is 5.60. The van der Waals surface area contributed by atoms with Crippen molar-refractivity contribution in [2.45, 2.75) is 40.2 Å². The van der Waals surface area contributed by atoms with Crippen molar-refractivity contribution in [2.24, 2.45) is 23.6 Å². The van der Waals surface area contributed by atoms with Crippen molar-refractivity contribution in [2.75, 3.05) is 13.1 Å². The zero-order chi connectivity index (χ0) is 12.3. The predicted molar refractivity (Wildman–Crippen MR) is 65.5 cm³/mol. The van der Waals surface area contributed by atoms with Crippen LogP contribution in [0.25, 0.3) is 0 Å². The van der Waals surface area contributed by atoms with Crippen molar-refractivity contribution in [3.8, 4) is 0 Å². The van der Waals surface area contributed by atoms with Crippen LogP contribution in [0, 0.1) is 17.8 Å². The van der Waals surface area contributed by atoms with Crippen LogP contribution < -0.4 is 11.3 Å². The van der Waals surface area contributed by atoms with E-state index in [1.165, 1.54) is 6.42 Å². The molecule has 4 heteroatoms. The maximum atomic E-state index is 11.8. The number of nitrogens with two attached hydrogens (primary N) is 1. The highest BCUT2D eigenvalue weighted by atomic mass is 16.2. The average molecular weight is 227 g/mol. The molecule has 3 N–H and O–H groups in total. The van der Waals surface area contributed by atoms with Crippen LogP contribution in [0.15, 0.2) is 0 Å². The summed E-state index contributed by atoms with van der Waals surface area (Å²) in [5.74, 6) is 6.82. The standard InChI is InChI=1S/C12H25N3O/c1-8(2)11(12(16)14-13)15-6-9(3)5-10(4)7-15/h8-11H,5-7,13H2,1-4H3,(H,14,16)/t9-,10+,11-/m0/s1. The molecule has 1 aliphatic rings. The molecular weight excluding hydrogens is 202 g/mol. The van der Waals surface area contributed by atoms with Crippen molar-refractivity contribution in [1.29, 1.82) is 0 Å². The first kappa shape index (κ1) is 13.5. The molecule has 1 fully saturated rings. The largest absolute Gasteiger partial charge is 0.293 e. The van der Waals surface area contributed by atoms with E-state index in [1.54, 1.807) is 0 Å². The number of hydrogen-bond acceptors (Lipinski definition) is 3. The number of carbonyl (C=O) groups is 1. The zero-order valence-corrected chi connectivity index (χ0v) is 10.9. The fourth-order valence-corrected chi connectivity index (χ4v) is 2.91. The Hall–Kier alpha value is -0.610. The van der Waals surface area contributed by atoms with E-state index in [2.05, 4.69) is 38.0 Å². The van der Waals surface area contributed by atoms with Gasteiger partial charge in [0.2, 0.25) is 0 Å². The maximum Gasteiger partial charge on any atom is 0.251 e. The van der Waals surface area contributed by atoms with Gasteiger partial charge in [-0.2, -0.15) is 0 Å². The van der Waals surface area contributed by atoms with E-state index in [0.717, 1.165) is 13.1 Å². The van der Waals surface area contributed by atoms with Crippen LogP contribution in [0.3, 0.4) is 0 Å². The Labute approximate surface area is 98.5 Å². The van der Waals surface area contributed by atoms with E-state index in [0.29, 0.717) is 17.8 Å². The second kappa shape index (κ2) is 5.64. The summed E-state index contributed by atoms with van der Waals surface area (Å²) in [6, 6.07) is -0.0878. The molecule has 0 aromatic heterocycles. The summed E-state index contributed by atoms with van der Waals surface area (Å²) >= 11 is 0. The summed E-state index contributed by atoms with van der Waals surface area (Å²) in [4.78, 5) is 14.1. The number of hydrogen-bond donors (Lipinski definition) is 2. The molecular formula is C12H25N3O. The van der Waals surface area contributed by atoms with Gasteiger partial charge in [-0.25, -0.2) is 5.84 Å². The lowest BCUT2D eigenvalue weighted by Gasteiger charge is -2.40. The molecule has 4 nitrogen and oxygen atoms in total. The number of carbonyl (C=O) groups excluding carboxylic acids is 1. The first-order valence-electron chi connectivity index (χ1n) is 6.20. The molecule has 0 bridgehead atoms. The Morgan fingerprint density at radius 2 is 1.81 bits per heavy atom. The van der Waals surface area contributed by atoms with Crippen LogP contribution in [0.2, 0.25) is 0 Å². The number of nitrogens with one attached hydrogen (secondary N) is 1. The number of nitrogens with zero attached hydrogens (tertiary/aromatic N) is 1. The number of hydrazine groups is 1. The molecule has 0 aliphatic carbocycles. The molecule has 0 spiro atoms. The first-order chi connectivity index (χ1) is 7.45. The summed E-state index contributed by atoms with van der Waals surface area (Å²) in [6.07, 6.45) is 1.26. The van der Waals surface area contributed by atoms with Crippen molar-refractivity contribution in [3.63, 3.8) is 0 Å². The molecule has 0 saturated carbocycles. The van der Waals surface area contributed by atoms with Crippen LogP contribution in [-0.4, -0.2) is 29.9 Å².